The number of carbonyl (C=O) groups excluding carboxylic acids is 2. The Morgan fingerprint density at radius 1 is 1.35 bits per heavy atom. The van der Waals surface area contributed by atoms with E-state index in [9.17, 15) is 9.59 Å². The Balaban J connectivity index is 1.49. The van der Waals surface area contributed by atoms with Crippen LogP contribution in [0.3, 0.4) is 0 Å². The molecule has 3 rings (SSSR count). The van der Waals surface area contributed by atoms with Gasteiger partial charge in [0.25, 0.3) is 0 Å². The molecule has 0 aromatic carbocycles. The summed E-state index contributed by atoms with van der Waals surface area (Å²) >= 11 is 0. The van der Waals surface area contributed by atoms with E-state index in [0.29, 0.717) is 32.7 Å². The predicted octanol–water partition coefficient (Wildman–Crippen LogP) is 0.535. The van der Waals surface area contributed by atoms with Crippen LogP contribution < -0.4 is 5.32 Å². The highest BCUT2D eigenvalue weighted by Crippen LogP contribution is 2.32. The van der Waals surface area contributed by atoms with Crippen LogP contribution in [0.1, 0.15) is 32.1 Å². The molecular formula is C17H27N3O3. The largest absolute Gasteiger partial charge is 0.368 e. The fourth-order valence-electron chi connectivity index (χ4n) is 3.82. The number of likely N-dealkylation sites (N-methyl/N-ethyl adjacent to an activating group) is 2. The second kappa shape index (κ2) is 6.61. The van der Waals surface area contributed by atoms with Crippen LogP contribution in [0, 0.1) is 0 Å². The topological polar surface area (TPSA) is 61.9 Å². The molecule has 1 spiro atoms. The zero-order valence-corrected chi connectivity index (χ0v) is 14.1. The maximum atomic E-state index is 12.4. The normalized spacial score (nSPS) is 27.3. The van der Waals surface area contributed by atoms with Gasteiger partial charge in [-0.1, -0.05) is 11.6 Å². The number of nitrogens with zero attached hydrogens (tertiary/aromatic N) is 2. The van der Waals surface area contributed by atoms with Gasteiger partial charge in [-0.2, -0.15) is 0 Å². The Morgan fingerprint density at radius 3 is 2.74 bits per heavy atom. The van der Waals surface area contributed by atoms with E-state index in [1.165, 1.54) is 18.4 Å². The van der Waals surface area contributed by atoms with Crippen LogP contribution in [-0.4, -0.2) is 73.6 Å². The van der Waals surface area contributed by atoms with E-state index in [2.05, 4.69) is 11.4 Å². The lowest BCUT2D eigenvalue weighted by Crippen LogP contribution is -2.73. The molecule has 23 heavy (non-hydrogen) atoms. The third-order valence-corrected chi connectivity index (χ3v) is 5.24. The van der Waals surface area contributed by atoms with Crippen molar-refractivity contribution >= 4 is 11.8 Å². The van der Waals surface area contributed by atoms with Crippen LogP contribution in [0.25, 0.3) is 0 Å². The minimum absolute atomic E-state index is 0.0150. The number of morpholine rings is 1. The number of carbonyl (C=O) groups is 2. The summed E-state index contributed by atoms with van der Waals surface area (Å²) in [7, 11) is 3.59. The summed E-state index contributed by atoms with van der Waals surface area (Å²) in [5, 5.41) is 2.67. The molecule has 2 heterocycles. The Bertz CT molecular complexity index is 511. The van der Waals surface area contributed by atoms with E-state index in [1.54, 1.807) is 7.05 Å². The second-order valence-corrected chi connectivity index (χ2v) is 7.07. The number of ether oxygens (including phenoxy) is 1. The van der Waals surface area contributed by atoms with Crippen LogP contribution in [0.4, 0.5) is 0 Å². The number of likely N-dealkylation sites (tertiary alicyclic amines) is 1. The zero-order chi connectivity index (χ0) is 16.4. The molecule has 0 aromatic rings. The van der Waals surface area contributed by atoms with Crippen LogP contribution in [0.2, 0.25) is 0 Å². The molecule has 2 amide bonds. The highest BCUT2D eigenvalue weighted by Gasteiger charge is 2.51. The number of hydrogen-bond acceptors (Lipinski definition) is 4. The summed E-state index contributed by atoms with van der Waals surface area (Å²) in [6.45, 7) is 2.37. The van der Waals surface area contributed by atoms with Crippen LogP contribution >= 0.6 is 0 Å². The second-order valence-electron chi connectivity index (χ2n) is 7.07. The van der Waals surface area contributed by atoms with Crippen LogP contribution in [-0.2, 0) is 14.3 Å². The minimum Gasteiger partial charge on any atom is -0.368 e. The van der Waals surface area contributed by atoms with Gasteiger partial charge in [-0.05, 0) is 32.7 Å². The number of allylic oxidation sites excluding steroid dienone is 1. The van der Waals surface area contributed by atoms with E-state index in [0.717, 1.165) is 12.8 Å². The molecule has 0 saturated carbocycles. The lowest BCUT2D eigenvalue weighted by atomic mass is 9.89. The maximum absolute atomic E-state index is 12.4. The number of hydrogen-bond donors (Lipinski definition) is 1. The average molecular weight is 321 g/mol. The van der Waals surface area contributed by atoms with E-state index in [4.69, 9.17) is 4.74 Å². The van der Waals surface area contributed by atoms with Gasteiger partial charge in [0.2, 0.25) is 11.8 Å². The van der Waals surface area contributed by atoms with Crippen LogP contribution in [0.15, 0.2) is 11.6 Å². The van der Waals surface area contributed by atoms with Gasteiger partial charge in [-0.3, -0.25) is 14.5 Å². The molecule has 0 radical (unpaired) electrons. The van der Waals surface area contributed by atoms with Gasteiger partial charge in [0, 0.05) is 20.0 Å². The highest BCUT2D eigenvalue weighted by molar-refractivity contribution is 5.82. The quantitative estimate of drug-likeness (QED) is 0.771. The standard InChI is InChI=1S/C17H27N3O3/c1-18-16(22)14-9-23-17(10-19(14)2)11-20(12-17)15(21)8-13-6-4-3-5-7-13/h6,14H,3-5,7-12H2,1-2H3,(H,18,22)/t14-/m0/s1. The Labute approximate surface area is 137 Å². The molecule has 2 aliphatic heterocycles. The van der Waals surface area contributed by atoms with Gasteiger partial charge >= 0.3 is 0 Å². The van der Waals surface area contributed by atoms with Crippen molar-refractivity contribution in [1.82, 2.24) is 15.1 Å². The highest BCUT2D eigenvalue weighted by atomic mass is 16.5. The van der Waals surface area contributed by atoms with Crippen molar-refractivity contribution in [2.45, 2.75) is 43.7 Å². The number of rotatable bonds is 3. The first-order valence-electron chi connectivity index (χ1n) is 8.54. The van der Waals surface area contributed by atoms with Crippen molar-refractivity contribution in [1.29, 1.82) is 0 Å². The maximum Gasteiger partial charge on any atom is 0.239 e. The summed E-state index contributed by atoms with van der Waals surface area (Å²) in [6, 6.07) is -0.234. The first-order valence-corrected chi connectivity index (χ1v) is 8.54. The predicted molar refractivity (Wildman–Crippen MR) is 86.9 cm³/mol. The molecule has 6 nitrogen and oxygen atoms in total. The van der Waals surface area contributed by atoms with Crippen molar-refractivity contribution in [3.8, 4) is 0 Å². The molecule has 1 aliphatic carbocycles. The van der Waals surface area contributed by atoms with E-state index < -0.39 is 0 Å². The smallest absolute Gasteiger partial charge is 0.239 e. The molecule has 0 unspecified atom stereocenters. The third-order valence-electron chi connectivity index (χ3n) is 5.24. The molecule has 0 bridgehead atoms. The van der Waals surface area contributed by atoms with Gasteiger partial charge in [0.1, 0.15) is 11.6 Å². The summed E-state index contributed by atoms with van der Waals surface area (Å²) in [5.74, 6) is 0.197. The Hall–Kier alpha value is -1.40. The summed E-state index contributed by atoms with van der Waals surface area (Å²) < 4.78 is 5.97. The van der Waals surface area contributed by atoms with Gasteiger partial charge in [0.05, 0.1) is 19.7 Å². The summed E-state index contributed by atoms with van der Waals surface area (Å²) in [5.41, 5.74) is 1.01. The van der Waals surface area contributed by atoms with Crippen molar-refractivity contribution in [2.75, 3.05) is 40.3 Å². The lowest BCUT2D eigenvalue weighted by Gasteiger charge is -2.54. The van der Waals surface area contributed by atoms with Gasteiger partial charge < -0.3 is 15.0 Å². The molecule has 0 aromatic heterocycles. The monoisotopic (exact) mass is 321 g/mol. The van der Waals surface area contributed by atoms with Crippen molar-refractivity contribution in [2.24, 2.45) is 0 Å². The molecule has 2 saturated heterocycles. The average Bonchev–Trinajstić information content (AvgIpc) is 2.52. The fourth-order valence-corrected chi connectivity index (χ4v) is 3.82. The molecular weight excluding hydrogens is 294 g/mol. The van der Waals surface area contributed by atoms with Crippen molar-refractivity contribution < 1.29 is 14.3 Å². The summed E-state index contributed by atoms with van der Waals surface area (Å²) in [4.78, 5) is 28.1. The van der Waals surface area contributed by atoms with Gasteiger partial charge in [-0.15, -0.1) is 0 Å². The van der Waals surface area contributed by atoms with Crippen LogP contribution in [0.5, 0.6) is 0 Å². The van der Waals surface area contributed by atoms with Gasteiger partial charge in [-0.25, -0.2) is 0 Å². The van der Waals surface area contributed by atoms with Crippen molar-refractivity contribution in [3.05, 3.63) is 11.6 Å². The summed E-state index contributed by atoms with van der Waals surface area (Å²) in [6.07, 6.45) is 7.43. The number of nitrogens with one attached hydrogen (secondary N) is 1. The third kappa shape index (κ3) is 3.43. The molecule has 1 N–H and O–H groups in total. The van der Waals surface area contributed by atoms with E-state index in [-0.39, 0.29) is 23.5 Å². The molecule has 3 aliphatic rings. The molecule has 1 atom stereocenters. The first kappa shape index (κ1) is 16.5. The first-order chi connectivity index (χ1) is 11.0. The lowest BCUT2D eigenvalue weighted by molar-refractivity contribution is -0.200. The zero-order valence-electron chi connectivity index (χ0n) is 14.1. The Morgan fingerprint density at radius 2 is 2.13 bits per heavy atom. The fraction of sp³-hybridized carbons (Fsp3) is 0.765. The minimum atomic E-state index is -0.282. The van der Waals surface area contributed by atoms with E-state index in [1.807, 2.05) is 16.8 Å². The van der Waals surface area contributed by atoms with Gasteiger partial charge in [0.15, 0.2) is 0 Å². The SMILES string of the molecule is CNC(=O)[C@@H]1COC2(CN(C(=O)CC3=CCCCC3)C2)CN1C. The Kier molecular flexibility index (Phi) is 4.73. The molecule has 2 fully saturated rings. The molecule has 128 valence electrons. The van der Waals surface area contributed by atoms with E-state index >= 15 is 0 Å². The number of amides is 2. The van der Waals surface area contributed by atoms with Crippen molar-refractivity contribution in [3.63, 3.8) is 0 Å². The molecule has 6 heteroatoms.